The molecule has 0 radical (unpaired) electrons. The van der Waals surface area contributed by atoms with Crippen LogP contribution in [0.5, 0.6) is 0 Å². The highest BCUT2D eigenvalue weighted by Gasteiger charge is 2.13. The third-order valence-electron chi connectivity index (χ3n) is 2.69. The van der Waals surface area contributed by atoms with Gasteiger partial charge >= 0.3 is 0 Å². The molecule has 0 N–H and O–H groups in total. The fourth-order valence-electron chi connectivity index (χ4n) is 1.94. The predicted octanol–water partition coefficient (Wildman–Crippen LogP) is 1.90. The van der Waals surface area contributed by atoms with Crippen molar-refractivity contribution in [3.8, 4) is 0 Å². The van der Waals surface area contributed by atoms with E-state index in [4.69, 9.17) is 9.47 Å². The lowest BCUT2D eigenvalue weighted by Gasteiger charge is -2.05. The molecule has 0 aliphatic carbocycles. The average molecular weight is 168 g/mol. The van der Waals surface area contributed by atoms with Crippen LogP contribution in [0.2, 0.25) is 0 Å². The minimum absolute atomic E-state index is 0.916. The lowest BCUT2D eigenvalue weighted by atomic mass is 9.99. The van der Waals surface area contributed by atoms with Crippen molar-refractivity contribution >= 4 is 0 Å². The zero-order valence-electron chi connectivity index (χ0n) is 7.47. The van der Waals surface area contributed by atoms with Crippen molar-refractivity contribution in [3.63, 3.8) is 0 Å². The summed E-state index contributed by atoms with van der Waals surface area (Å²) in [7, 11) is 0. The van der Waals surface area contributed by atoms with E-state index in [0.717, 1.165) is 52.1 Å². The van der Waals surface area contributed by atoms with Crippen molar-refractivity contribution in [1.29, 1.82) is 0 Å². The molecule has 0 amide bonds. The molecule has 2 heteroatoms. The maximum Gasteiger partial charge on any atom is 0.0503 e. The Bertz CT molecular complexity index is 148. The number of ether oxygens (including phenoxy) is 2. The van der Waals surface area contributed by atoms with Crippen LogP contribution in [0, 0.1) is 0 Å². The Kier molecular flexibility index (Phi) is 2.79. The summed E-state index contributed by atoms with van der Waals surface area (Å²) in [6, 6.07) is 0. The monoisotopic (exact) mass is 168 g/mol. The van der Waals surface area contributed by atoms with Crippen LogP contribution in [0.3, 0.4) is 0 Å². The summed E-state index contributed by atoms with van der Waals surface area (Å²) >= 11 is 0. The first-order valence-electron chi connectivity index (χ1n) is 4.82. The first-order chi connectivity index (χ1) is 5.97. The third kappa shape index (κ3) is 1.87. The van der Waals surface area contributed by atoms with Gasteiger partial charge in [0.1, 0.15) is 0 Å². The zero-order valence-corrected chi connectivity index (χ0v) is 7.47. The Morgan fingerprint density at radius 3 is 1.25 bits per heavy atom. The van der Waals surface area contributed by atoms with Crippen LogP contribution in [0.4, 0.5) is 0 Å². The van der Waals surface area contributed by atoms with E-state index in [1.165, 1.54) is 0 Å². The van der Waals surface area contributed by atoms with E-state index in [2.05, 4.69) is 0 Å². The standard InChI is InChI=1S/C10H16O2/c1-5-11-7-3-10-4-8-12-6-2-9(1)10/h1-8H2. The molecule has 2 aliphatic rings. The molecular weight excluding hydrogens is 152 g/mol. The van der Waals surface area contributed by atoms with Gasteiger partial charge in [-0.25, -0.2) is 0 Å². The fraction of sp³-hybridized carbons (Fsp3) is 0.800. The second-order valence-corrected chi connectivity index (χ2v) is 3.43. The van der Waals surface area contributed by atoms with Crippen molar-refractivity contribution in [2.45, 2.75) is 25.7 Å². The second-order valence-electron chi connectivity index (χ2n) is 3.43. The van der Waals surface area contributed by atoms with E-state index in [0.29, 0.717) is 0 Å². The molecule has 2 heterocycles. The van der Waals surface area contributed by atoms with Crippen molar-refractivity contribution in [3.05, 3.63) is 11.1 Å². The second kappa shape index (κ2) is 4.06. The Labute approximate surface area is 73.5 Å². The molecule has 0 unspecified atom stereocenters. The molecule has 2 rings (SSSR count). The van der Waals surface area contributed by atoms with Gasteiger partial charge in [-0.3, -0.25) is 0 Å². The van der Waals surface area contributed by atoms with Gasteiger partial charge in [-0.15, -0.1) is 0 Å². The van der Waals surface area contributed by atoms with Gasteiger partial charge in [0.2, 0.25) is 0 Å². The van der Waals surface area contributed by atoms with Gasteiger partial charge < -0.3 is 9.47 Å². The van der Waals surface area contributed by atoms with Crippen molar-refractivity contribution in [2.75, 3.05) is 26.4 Å². The maximum absolute atomic E-state index is 5.44. The lowest BCUT2D eigenvalue weighted by molar-refractivity contribution is 0.130. The van der Waals surface area contributed by atoms with Crippen LogP contribution in [-0.2, 0) is 9.47 Å². The number of hydrogen-bond donors (Lipinski definition) is 0. The molecule has 0 saturated carbocycles. The first-order valence-corrected chi connectivity index (χ1v) is 4.82. The predicted molar refractivity (Wildman–Crippen MR) is 47.1 cm³/mol. The summed E-state index contributed by atoms with van der Waals surface area (Å²) in [4.78, 5) is 0. The van der Waals surface area contributed by atoms with Gasteiger partial charge in [0, 0.05) is 0 Å². The SMILES string of the molecule is C1CC2=C(CCO1)CCOCC2. The molecule has 0 fully saturated rings. The molecule has 0 bridgehead atoms. The van der Waals surface area contributed by atoms with E-state index in [-0.39, 0.29) is 0 Å². The average Bonchev–Trinajstić information content (AvgIpc) is 2.38. The number of hydrogen-bond acceptors (Lipinski definition) is 2. The lowest BCUT2D eigenvalue weighted by Crippen LogP contribution is -1.97. The van der Waals surface area contributed by atoms with Gasteiger partial charge in [-0.1, -0.05) is 11.1 Å². The van der Waals surface area contributed by atoms with E-state index >= 15 is 0 Å². The molecule has 0 spiro atoms. The normalized spacial score (nSPS) is 26.0. The molecule has 0 aromatic heterocycles. The highest BCUT2D eigenvalue weighted by atomic mass is 16.5. The Balaban J connectivity index is 2.08. The van der Waals surface area contributed by atoms with E-state index in [1.54, 1.807) is 11.1 Å². The Morgan fingerprint density at radius 2 is 0.917 bits per heavy atom. The van der Waals surface area contributed by atoms with Gasteiger partial charge in [-0.2, -0.15) is 0 Å². The summed E-state index contributed by atoms with van der Waals surface area (Å²) in [5, 5.41) is 0. The minimum Gasteiger partial charge on any atom is -0.381 e. The summed E-state index contributed by atoms with van der Waals surface area (Å²) in [5.41, 5.74) is 3.23. The maximum atomic E-state index is 5.44. The molecule has 68 valence electrons. The van der Waals surface area contributed by atoms with Crippen molar-refractivity contribution in [1.82, 2.24) is 0 Å². The summed E-state index contributed by atoms with van der Waals surface area (Å²) in [6.07, 6.45) is 4.55. The van der Waals surface area contributed by atoms with Crippen LogP contribution >= 0.6 is 0 Å². The van der Waals surface area contributed by atoms with Crippen molar-refractivity contribution < 1.29 is 9.47 Å². The van der Waals surface area contributed by atoms with E-state index < -0.39 is 0 Å². The van der Waals surface area contributed by atoms with E-state index in [9.17, 15) is 0 Å². The highest BCUT2D eigenvalue weighted by molar-refractivity contribution is 5.16. The van der Waals surface area contributed by atoms with Gasteiger partial charge in [-0.05, 0) is 25.7 Å². The smallest absolute Gasteiger partial charge is 0.0503 e. The van der Waals surface area contributed by atoms with Gasteiger partial charge in [0.05, 0.1) is 26.4 Å². The highest BCUT2D eigenvalue weighted by Crippen LogP contribution is 2.24. The largest absolute Gasteiger partial charge is 0.381 e. The van der Waals surface area contributed by atoms with Crippen LogP contribution < -0.4 is 0 Å². The zero-order chi connectivity index (χ0) is 8.23. The van der Waals surface area contributed by atoms with Crippen molar-refractivity contribution in [2.24, 2.45) is 0 Å². The van der Waals surface area contributed by atoms with Gasteiger partial charge in [0.15, 0.2) is 0 Å². The Hall–Kier alpha value is -0.340. The van der Waals surface area contributed by atoms with E-state index in [1.807, 2.05) is 0 Å². The topological polar surface area (TPSA) is 18.5 Å². The molecule has 0 atom stereocenters. The molecule has 0 aromatic rings. The van der Waals surface area contributed by atoms with Crippen LogP contribution in [-0.4, -0.2) is 26.4 Å². The Morgan fingerprint density at radius 1 is 0.583 bits per heavy atom. The minimum atomic E-state index is 0.916. The molecular formula is C10H16O2. The first kappa shape index (κ1) is 8.27. The molecule has 2 nitrogen and oxygen atoms in total. The van der Waals surface area contributed by atoms with Gasteiger partial charge in [0.25, 0.3) is 0 Å². The van der Waals surface area contributed by atoms with Crippen LogP contribution in [0.1, 0.15) is 25.7 Å². The fourth-order valence-corrected chi connectivity index (χ4v) is 1.94. The van der Waals surface area contributed by atoms with Crippen LogP contribution in [0.15, 0.2) is 11.1 Å². The molecule has 0 saturated heterocycles. The molecule has 12 heavy (non-hydrogen) atoms. The summed E-state index contributed by atoms with van der Waals surface area (Å²) in [5.74, 6) is 0. The summed E-state index contributed by atoms with van der Waals surface area (Å²) < 4.78 is 10.9. The molecule has 2 aliphatic heterocycles. The quantitative estimate of drug-likeness (QED) is 0.514. The van der Waals surface area contributed by atoms with Crippen LogP contribution in [0.25, 0.3) is 0 Å². The third-order valence-corrected chi connectivity index (χ3v) is 2.69. The number of rotatable bonds is 0. The summed E-state index contributed by atoms with van der Waals surface area (Å²) in [6.45, 7) is 3.66. The molecule has 0 aromatic carbocycles.